The third kappa shape index (κ3) is 3.32. The van der Waals surface area contributed by atoms with Crippen molar-refractivity contribution in [3.63, 3.8) is 0 Å². The highest BCUT2D eigenvalue weighted by Gasteiger charge is 2.32. The molecule has 1 amide bonds. The van der Waals surface area contributed by atoms with E-state index >= 15 is 0 Å². The summed E-state index contributed by atoms with van der Waals surface area (Å²) in [6.45, 7) is 5.11. The van der Waals surface area contributed by atoms with Crippen LogP contribution in [0.3, 0.4) is 0 Å². The second-order valence-electron chi connectivity index (χ2n) is 5.86. The number of hydrogen-bond acceptors (Lipinski definition) is 5. The summed E-state index contributed by atoms with van der Waals surface area (Å²) in [7, 11) is 0. The van der Waals surface area contributed by atoms with E-state index in [1.165, 1.54) is 19.4 Å². The molecular formula is C15H23N5O. The molecule has 2 aliphatic heterocycles. The average Bonchev–Trinajstić information content (AvgIpc) is 2.96. The number of amides is 1. The Balaban J connectivity index is 1.55. The maximum absolute atomic E-state index is 12.2. The zero-order valence-corrected chi connectivity index (χ0v) is 12.5. The number of fused-ring (bicyclic) bond motifs is 1. The molecule has 1 aromatic heterocycles. The number of nitrogens with one attached hydrogen (secondary N) is 2. The van der Waals surface area contributed by atoms with Gasteiger partial charge >= 0.3 is 0 Å². The lowest BCUT2D eigenvalue weighted by Gasteiger charge is -2.35. The van der Waals surface area contributed by atoms with Crippen LogP contribution in [0, 0.1) is 0 Å². The van der Waals surface area contributed by atoms with Crippen LogP contribution in [0.4, 0.5) is 5.82 Å². The summed E-state index contributed by atoms with van der Waals surface area (Å²) in [6.07, 6.45) is 4.66. The lowest BCUT2D eigenvalue weighted by molar-refractivity contribution is 0.0890. The first-order chi connectivity index (χ1) is 10.3. The number of aromatic nitrogens is 2. The number of hydrogen-bond donors (Lipinski definition) is 2. The molecule has 0 radical (unpaired) electrons. The Morgan fingerprint density at radius 3 is 3.00 bits per heavy atom. The van der Waals surface area contributed by atoms with Gasteiger partial charge in [-0.05, 0) is 51.3 Å². The van der Waals surface area contributed by atoms with Crippen LogP contribution in [0.25, 0.3) is 0 Å². The Kier molecular flexibility index (Phi) is 4.34. The van der Waals surface area contributed by atoms with Gasteiger partial charge in [-0.15, -0.1) is 10.2 Å². The summed E-state index contributed by atoms with van der Waals surface area (Å²) < 4.78 is 0. The van der Waals surface area contributed by atoms with Crippen molar-refractivity contribution >= 4 is 11.7 Å². The fourth-order valence-electron chi connectivity index (χ4n) is 3.34. The normalized spacial score (nSPS) is 25.4. The van der Waals surface area contributed by atoms with Crippen molar-refractivity contribution in [3.05, 3.63) is 17.8 Å². The van der Waals surface area contributed by atoms with Crippen molar-refractivity contribution in [1.29, 1.82) is 0 Å². The van der Waals surface area contributed by atoms with E-state index in [-0.39, 0.29) is 11.9 Å². The van der Waals surface area contributed by atoms with Gasteiger partial charge in [-0.1, -0.05) is 0 Å². The molecule has 0 saturated carbocycles. The summed E-state index contributed by atoms with van der Waals surface area (Å²) in [6, 6.07) is 4.45. The minimum absolute atomic E-state index is 0.109. The molecule has 2 aliphatic rings. The molecule has 2 N–H and O–H groups in total. The van der Waals surface area contributed by atoms with Crippen molar-refractivity contribution in [2.24, 2.45) is 0 Å². The number of carbonyl (C=O) groups excluding carboxylic acids is 1. The summed E-state index contributed by atoms with van der Waals surface area (Å²) in [5.74, 6) is 0.593. The molecule has 1 aromatic rings. The Bertz CT molecular complexity index is 489. The summed E-state index contributed by atoms with van der Waals surface area (Å²) in [5.41, 5.74) is 0.394. The van der Waals surface area contributed by atoms with Gasteiger partial charge in [0, 0.05) is 25.2 Å². The van der Waals surface area contributed by atoms with Gasteiger partial charge in [0.15, 0.2) is 5.69 Å². The number of rotatable bonds is 4. The van der Waals surface area contributed by atoms with Gasteiger partial charge < -0.3 is 15.5 Å². The maximum atomic E-state index is 12.2. The second kappa shape index (κ2) is 6.39. The molecule has 0 aliphatic carbocycles. The number of carbonyl (C=O) groups is 1. The first-order valence-electron chi connectivity index (χ1n) is 7.89. The van der Waals surface area contributed by atoms with Crippen LogP contribution in [-0.2, 0) is 0 Å². The van der Waals surface area contributed by atoms with E-state index in [0.29, 0.717) is 17.6 Å². The maximum Gasteiger partial charge on any atom is 0.272 e. The topological polar surface area (TPSA) is 70.2 Å². The van der Waals surface area contributed by atoms with E-state index in [1.807, 2.05) is 6.92 Å². The Morgan fingerprint density at radius 2 is 2.24 bits per heavy atom. The number of piperidine rings is 1. The largest absolute Gasteiger partial charge is 0.369 e. The fraction of sp³-hybridized carbons (Fsp3) is 0.667. The number of nitrogens with zero attached hydrogens (tertiary/aromatic N) is 3. The molecule has 0 aromatic carbocycles. The quantitative estimate of drug-likeness (QED) is 0.873. The van der Waals surface area contributed by atoms with Gasteiger partial charge in [0.25, 0.3) is 5.91 Å². The zero-order chi connectivity index (χ0) is 14.7. The standard InChI is InChI=1S/C15H23N5O/c1-2-16-14-6-5-13(18-19-14)15(21)17-11-7-9-20-8-3-4-12(20)10-11/h5-6,11-12H,2-4,7-10H2,1H3,(H,16,19)(H,17,21). The molecule has 3 rings (SSSR count). The molecule has 3 heterocycles. The summed E-state index contributed by atoms with van der Waals surface area (Å²) >= 11 is 0. The van der Waals surface area contributed by atoms with E-state index in [4.69, 9.17) is 0 Å². The minimum Gasteiger partial charge on any atom is -0.369 e. The summed E-state index contributed by atoms with van der Waals surface area (Å²) in [4.78, 5) is 14.8. The smallest absolute Gasteiger partial charge is 0.272 e. The summed E-state index contributed by atoms with van der Waals surface area (Å²) in [5, 5.41) is 14.2. The molecule has 2 unspecified atom stereocenters. The third-order valence-corrected chi connectivity index (χ3v) is 4.41. The van der Waals surface area contributed by atoms with E-state index in [0.717, 1.165) is 25.9 Å². The first kappa shape index (κ1) is 14.3. The third-order valence-electron chi connectivity index (χ3n) is 4.41. The van der Waals surface area contributed by atoms with Gasteiger partial charge in [0.1, 0.15) is 5.82 Å². The van der Waals surface area contributed by atoms with Gasteiger partial charge in [0.2, 0.25) is 0 Å². The Labute approximate surface area is 125 Å². The lowest BCUT2D eigenvalue weighted by atomic mass is 9.97. The average molecular weight is 289 g/mol. The van der Waals surface area contributed by atoms with Gasteiger partial charge in [-0.25, -0.2) is 0 Å². The predicted molar refractivity (Wildman–Crippen MR) is 81.3 cm³/mol. The molecule has 21 heavy (non-hydrogen) atoms. The van der Waals surface area contributed by atoms with Crippen molar-refractivity contribution in [2.75, 3.05) is 25.0 Å². The van der Waals surface area contributed by atoms with Gasteiger partial charge in [-0.3, -0.25) is 4.79 Å². The van der Waals surface area contributed by atoms with Crippen LogP contribution < -0.4 is 10.6 Å². The van der Waals surface area contributed by atoms with Crippen LogP contribution in [0.1, 0.15) is 43.1 Å². The van der Waals surface area contributed by atoms with Crippen LogP contribution in [0.2, 0.25) is 0 Å². The van der Waals surface area contributed by atoms with Crippen LogP contribution in [-0.4, -0.2) is 52.7 Å². The predicted octanol–water partition coefficient (Wildman–Crippen LogP) is 1.26. The van der Waals surface area contributed by atoms with Crippen LogP contribution in [0.5, 0.6) is 0 Å². The van der Waals surface area contributed by atoms with Crippen molar-refractivity contribution < 1.29 is 4.79 Å². The highest BCUT2D eigenvalue weighted by atomic mass is 16.2. The molecule has 6 heteroatoms. The van der Waals surface area contributed by atoms with E-state index in [2.05, 4.69) is 25.7 Å². The van der Waals surface area contributed by atoms with E-state index in [9.17, 15) is 4.79 Å². The van der Waals surface area contributed by atoms with Crippen molar-refractivity contribution in [3.8, 4) is 0 Å². The molecule has 2 saturated heterocycles. The molecular weight excluding hydrogens is 266 g/mol. The fourth-order valence-corrected chi connectivity index (χ4v) is 3.34. The Morgan fingerprint density at radius 1 is 1.33 bits per heavy atom. The lowest BCUT2D eigenvalue weighted by Crippen LogP contribution is -2.47. The van der Waals surface area contributed by atoms with Crippen LogP contribution in [0.15, 0.2) is 12.1 Å². The molecule has 0 spiro atoms. The van der Waals surface area contributed by atoms with Crippen molar-refractivity contribution in [1.82, 2.24) is 20.4 Å². The molecule has 2 fully saturated rings. The minimum atomic E-state index is -0.109. The van der Waals surface area contributed by atoms with E-state index in [1.54, 1.807) is 12.1 Å². The molecule has 2 atom stereocenters. The Hall–Kier alpha value is -1.69. The van der Waals surface area contributed by atoms with Crippen LogP contribution >= 0.6 is 0 Å². The molecule has 0 bridgehead atoms. The van der Waals surface area contributed by atoms with Gasteiger partial charge in [-0.2, -0.15) is 0 Å². The van der Waals surface area contributed by atoms with Gasteiger partial charge in [0.05, 0.1) is 0 Å². The SMILES string of the molecule is CCNc1ccc(C(=O)NC2CCN3CCCC3C2)nn1. The highest BCUT2D eigenvalue weighted by molar-refractivity contribution is 5.92. The molecule has 6 nitrogen and oxygen atoms in total. The monoisotopic (exact) mass is 289 g/mol. The number of anilines is 1. The highest BCUT2D eigenvalue weighted by Crippen LogP contribution is 2.26. The van der Waals surface area contributed by atoms with E-state index < -0.39 is 0 Å². The molecule has 114 valence electrons. The first-order valence-corrected chi connectivity index (χ1v) is 7.89. The second-order valence-corrected chi connectivity index (χ2v) is 5.86. The zero-order valence-electron chi connectivity index (χ0n) is 12.5. The van der Waals surface area contributed by atoms with Crippen molar-refractivity contribution in [2.45, 2.75) is 44.7 Å².